The molecule has 0 saturated carbocycles. The van der Waals surface area contributed by atoms with Gasteiger partial charge in [-0.2, -0.15) is 4.57 Å². The van der Waals surface area contributed by atoms with Gasteiger partial charge in [-0.15, -0.1) is 10.2 Å². The van der Waals surface area contributed by atoms with Gasteiger partial charge in [-0.1, -0.05) is 84.1 Å². The highest BCUT2D eigenvalue weighted by Gasteiger charge is 2.43. The lowest BCUT2D eigenvalue weighted by Gasteiger charge is -2.36. The van der Waals surface area contributed by atoms with Crippen LogP contribution in [0, 0.1) is 24.1 Å². The number of thiazole rings is 1. The number of benzene rings is 4. The Morgan fingerprint density at radius 1 is 0.884 bits per heavy atom. The molecule has 0 saturated heterocycles. The zero-order valence-electron chi connectivity index (χ0n) is 25.0. The Balaban J connectivity index is 0.000000682. The Morgan fingerprint density at radius 3 is 2.23 bits per heavy atom. The summed E-state index contributed by atoms with van der Waals surface area (Å²) in [5.74, 6) is 0. The molecule has 0 spiro atoms. The highest BCUT2D eigenvalue weighted by atomic mass is 35.7. The number of rotatable bonds is 5. The van der Waals surface area contributed by atoms with Crippen LogP contribution < -0.4 is 23.2 Å². The molecule has 43 heavy (non-hydrogen) atoms. The van der Waals surface area contributed by atoms with Crippen LogP contribution in [0.1, 0.15) is 46.7 Å². The van der Waals surface area contributed by atoms with Crippen LogP contribution in [0.3, 0.4) is 0 Å². The standard InChI is InChI=1S/C35H35N2S.ClHO4/c1-6-37-31(38-30-22-21-27-15-10-11-16-28(27)34(30)37)18-12-17-29-32-24(2)19-20-25(3)33(32)35(4,36(29)5)23-26-13-8-7-9-14-26;2-1(3,4)5/h7-22H,6,23H2,1-5H3;(H,2,3,4,5)/q+1;/p-1. The lowest BCUT2D eigenvalue weighted by molar-refractivity contribution is -2.00. The Morgan fingerprint density at radius 2 is 1.53 bits per heavy atom. The molecule has 1 aromatic heterocycles. The molecule has 2 heterocycles. The fourth-order valence-electron chi connectivity index (χ4n) is 6.37. The number of aromatic nitrogens is 1. The predicted molar refractivity (Wildman–Crippen MR) is 163 cm³/mol. The molecule has 1 atom stereocenters. The average Bonchev–Trinajstić information content (AvgIpc) is 3.43. The predicted octanol–water partition coefficient (Wildman–Crippen LogP) is 3.68. The minimum atomic E-state index is -4.94. The zero-order chi connectivity index (χ0) is 30.9. The molecule has 0 aliphatic carbocycles. The Hall–Kier alpha value is -3.56. The smallest absolute Gasteiger partial charge is 0.262 e. The quantitative estimate of drug-likeness (QED) is 0.281. The van der Waals surface area contributed by atoms with E-state index in [9.17, 15) is 0 Å². The summed E-state index contributed by atoms with van der Waals surface area (Å²) in [6.07, 6.45) is 7.85. The molecule has 1 aliphatic heterocycles. The molecule has 0 radical (unpaired) electrons. The second-order valence-corrected chi connectivity index (χ2v) is 12.9. The molecule has 0 N–H and O–H groups in total. The van der Waals surface area contributed by atoms with Crippen LogP contribution >= 0.6 is 11.3 Å². The summed E-state index contributed by atoms with van der Waals surface area (Å²) in [6.45, 7) is 10.1. The van der Waals surface area contributed by atoms with Crippen molar-refractivity contribution in [3.63, 3.8) is 0 Å². The van der Waals surface area contributed by atoms with Crippen LogP contribution in [-0.2, 0) is 18.5 Å². The van der Waals surface area contributed by atoms with Gasteiger partial charge in [0.05, 0.1) is 10.9 Å². The van der Waals surface area contributed by atoms with Crippen molar-refractivity contribution in [1.29, 1.82) is 0 Å². The largest absolute Gasteiger partial charge is 0.364 e. The number of likely N-dealkylation sites (N-methyl/N-ethyl adjacent to an activating group) is 1. The molecule has 0 fully saturated rings. The Labute approximate surface area is 258 Å². The van der Waals surface area contributed by atoms with Crippen LogP contribution in [0.2, 0.25) is 0 Å². The van der Waals surface area contributed by atoms with Crippen LogP contribution in [-0.4, -0.2) is 11.9 Å². The van der Waals surface area contributed by atoms with Crippen molar-refractivity contribution < 1.29 is 33.4 Å². The van der Waals surface area contributed by atoms with Gasteiger partial charge in [-0.3, -0.25) is 0 Å². The summed E-state index contributed by atoms with van der Waals surface area (Å²) >= 11 is 1.87. The van der Waals surface area contributed by atoms with Gasteiger partial charge < -0.3 is 4.90 Å². The number of fused-ring (bicyclic) bond motifs is 4. The van der Waals surface area contributed by atoms with E-state index in [1.165, 1.54) is 59.5 Å². The number of hydrogen-bond acceptors (Lipinski definition) is 6. The van der Waals surface area contributed by atoms with Crippen molar-refractivity contribution in [1.82, 2.24) is 4.90 Å². The van der Waals surface area contributed by atoms with Crippen molar-refractivity contribution in [2.75, 3.05) is 7.05 Å². The van der Waals surface area contributed by atoms with E-state index in [1.807, 2.05) is 11.3 Å². The fourth-order valence-corrected chi connectivity index (χ4v) is 7.52. The molecule has 6 nitrogen and oxygen atoms in total. The summed E-state index contributed by atoms with van der Waals surface area (Å²) in [7, 11) is -2.68. The molecule has 8 heteroatoms. The molecule has 1 unspecified atom stereocenters. The summed E-state index contributed by atoms with van der Waals surface area (Å²) in [4.78, 5) is 2.50. The van der Waals surface area contributed by atoms with E-state index in [0.29, 0.717) is 0 Å². The van der Waals surface area contributed by atoms with E-state index in [0.717, 1.165) is 13.0 Å². The van der Waals surface area contributed by atoms with Gasteiger partial charge >= 0.3 is 0 Å². The molecule has 222 valence electrons. The monoisotopic (exact) mass is 614 g/mol. The first kappa shape index (κ1) is 30.9. The van der Waals surface area contributed by atoms with Gasteiger partial charge in [-0.25, -0.2) is 18.6 Å². The van der Waals surface area contributed by atoms with Gasteiger partial charge in [0.15, 0.2) is 0 Å². The van der Waals surface area contributed by atoms with Gasteiger partial charge in [0, 0.05) is 24.4 Å². The van der Waals surface area contributed by atoms with Crippen LogP contribution in [0.4, 0.5) is 0 Å². The molecular weight excluding hydrogens is 580 g/mol. The van der Waals surface area contributed by atoms with E-state index in [-0.39, 0.29) is 5.54 Å². The minimum absolute atomic E-state index is 0.105. The van der Waals surface area contributed by atoms with E-state index < -0.39 is 10.2 Å². The van der Waals surface area contributed by atoms with Crippen LogP contribution in [0.25, 0.3) is 32.8 Å². The van der Waals surface area contributed by atoms with Gasteiger partial charge in [0.2, 0.25) is 5.52 Å². The van der Waals surface area contributed by atoms with Crippen LogP contribution in [0.15, 0.2) is 91.0 Å². The Kier molecular flexibility index (Phi) is 8.77. The summed E-state index contributed by atoms with van der Waals surface area (Å²) in [5, 5.41) is 3.91. The van der Waals surface area contributed by atoms with E-state index in [4.69, 9.17) is 18.6 Å². The molecule has 0 amide bonds. The van der Waals surface area contributed by atoms with Crippen LogP contribution in [0.5, 0.6) is 0 Å². The molecule has 4 aromatic carbocycles. The van der Waals surface area contributed by atoms with Crippen molar-refractivity contribution in [3.8, 4) is 0 Å². The summed E-state index contributed by atoms with van der Waals surface area (Å²) in [5.41, 5.74) is 9.45. The molecular formula is C35H35ClN2O4S. The minimum Gasteiger partial charge on any atom is -0.364 e. The van der Waals surface area contributed by atoms with Crippen molar-refractivity contribution in [2.24, 2.45) is 0 Å². The highest BCUT2D eigenvalue weighted by Crippen LogP contribution is 2.49. The van der Waals surface area contributed by atoms with Gasteiger partial charge in [0.1, 0.15) is 11.2 Å². The third-order valence-corrected chi connectivity index (χ3v) is 9.45. The first-order chi connectivity index (χ1) is 20.4. The molecule has 6 rings (SSSR count). The van der Waals surface area contributed by atoms with Gasteiger partial charge in [0.25, 0.3) is 5.01 Å². The maximum absolute atomic E-state index is 8.49. The normalized spacial score (nSPS) is 17.6. The van der Waals surface area contributed by atoms with Crippen molar-refractivity contribution in [2.45, 2.75) is 46.2 Å². The second-order valence-electron chi connectivity index (χ2n) is 11.1. The molecule has 0 bridgehead atoms. The maximum atomic E-state index is 8.49. The lowest BCUT2D eigenvalue weighted by atomic mass is 9.82. The SMILES string of the molecule is CC[n+]1c(/C=C/C=C2/c3c(C)ccc(C)c3C(C)(Cc3ccccc3)N2C)sc2ccc3ccccc3c21.[O-][Cl+3]([O-])([O-])[O-]. The topological polar surface area (TPSA) is 99.4 Å². The van der Waals surface area contributed by atoms with E-state index >= 15 is 0 Å². The third kappa shape index (κ3) is 6.24. The number of hydrogen-bond donors (Lipinski definition) is 0. The third-order valence-electron chi connectivity index (χ3n) is 8.33. The summed E-state index contributed by atoms with van der Waals surface area (Å²) < 4.78 is 37.8. The highest BCUT2D eigenvalue weighted by molar-refractivity contribution is 7.19. The fraction of sp³-hybridized carbons (Fsp3) is 0.229. The summed E-state index contributed by atoms with van der Waals surface area (Å²) in [6, 6.07) is 28.7. The Bertz CT molecular complexity index is 1840. The second kappa shape index (κ2) is 12.2. The molecule has 1 aliphatic rings. The molecule has 5 aromatic rings. The lowest BCUT2D eigenvalue weighted by Crippen LogP contribution is -2.68. The first-order valence-corrected chi connectivity index (χ1v) is 16.2. The number of allylic oxidation sites excluding steroid dienone is 2. The number of aryl methyl sites for hydroxylation is 3. The number of halogens is 1. The number of nitrogens with zero attached hydrogens (tertiary/aromatic N) is 2. The first-order valence-electron chi connectivity index (χ1n) is 14.2. The van der Waals surface area contributed by atoms with E-state index in [2.05, 4.69) is 141 Å². The van der Waals surface area contributed by atoms with E-state index in [1.54, 1.807) is 0 Å². The zero-order valence-corrected chi connectivity index (χ0v) is 26.5. The maximum Gasteiger partial charge on any atom is 0.262 e. The van der Waals surface area contributed by atoms with Gasteiger partial charge in [-0.05, 0) is 80.0 Å². The van der Waals surface area contributed by atoms with Crippen molar-refractivity contribution in [3.05, 3.63) is 124 Å². The van der Waals surface area contributed by atoms with Crippen molar-refractivity contribution >= 4 is 44.1 Å². The average molecular weight is 615 g/mol.